The van der Waals surface area contributed by atoms with E-state index < -0.39 is 0 Å². The zero-order chi connectivity index (χ0) is 28.5. The number of aliphatic hydroxyl groups excluding tert-OH is 1. The first-order valence-electron chi connectivity index (χ1n) is 13.9. The summed E-state index contributed by atoms with van der Waals surface area (Å²) < 4.78 is 0. The molecule has 1 fully saturated rings. The second-order valence-corrected chi connectivity index (χ2v) is 10.5. The number of hydrogen-bond donors (Lipinski definition) is 3. The Balaban J connectivity index is 0.000000327. The number of amides is 1. The SMILES string of the molecule is C=C(C1=C(NC)CC(C)(CC)CC1)c1cc2ccc(N(C)C)cc2[nH]1.CC.O=CCN1C(=O)CC[C@H]1CO. The highest BCUT2D eigenvalue weighted by Gasteiger charge is 2.31. The van der Waals surface area contributed by atoms with E-state index in [0.29, 0.717) is 24.5 Å². The van der Waals surface area contributed by atoms with Crippen molar-refractivity contribution in [3.8, 4) is 0 Å². The molecular weight excluding hydrogens is 476 g/mol. The van der Waals surface area contributed by atoms with E-state index in [4.69, 9.17) is 5.11 Å². The van der Waals surface area contributed by atoms with Crippen LogP contribution in [0, 0.1) is 5.41 Å². The molecule has 3 N–H and O–H groups in total. The Hall–Kier alpha value is -3.06. The monoisotopic (exact) mass is 524 g/mol. The molecule has 210 valence electrons. The van der Waals surface area contributed by atoms with Gasteiger partial charge in [-0.2, -0.15) is 0 Å². The van der Waals surface area contributed by atoms with Crippen molar-refractivity contribution < 1.29 is 14.7 Å². The number of aldehydes is 1. The zero-order valence-corrected chi connectivity index (χ0v) is 24.5. The summed E-state index contributed by atoms with van der Waals surface area (Å²) >= 11 is 0. The van der Waals surface area contributed by atoms with Gasteiger partial charge in [-0.3, -0.25) is 4.79 Å². The van der Waals surface area contributed by atoms with E-state index in [1.165, 1.54) is 45.6 Å². The highest BCUT2D eigenvalue weighted by atomic mass is 16.3. The second kappa shape index (κ2) is 14.2. The van der Waals surface area contributed by atoms with E-state index in [-0.39, 0.29) is 25.1 Å². The molecule has 1 unspecified atom stereocenters. The molecule has 1 amide bonds. The van der Waals surface area contributed by atoms with Gasteiger partial charge in [-0.05, 0) is 60.4 Å². The number of fused-ring (bicyclic) bond motifs is 1. The minimum atomic E-state index is -0.132. The fraction of sp³-hybridized carbons (Fsp3) is 0.548. The van der Waals surface area contributed by atoms with Crippen LogP contribution >= 0.6 is 0 Å². The third-order valence-corrected chi connectivity index (χ3v) is 7.85. The molecule has 1 aliphatic heterocycles. The number of carbonyl (C=O) groups excluding carboxylic acids is 2. The molecule has 7 nitrogen and oxygen atoms in total. The summed E-state index contributed by atoms with van der Waals surface area (Å²) in [5.41, 5.74) is 7.78. The van der Waals surface area contributed by atoms with Crippen LogP contribution < -0.4 is 10.2 Å². The first-order valence-corrected chi connectivity index (χ1v) is 13.9. The Labute approximate surface area is 229 Å². The van der Waals surface area contributed by atoms with Gasteiger partial charge in [0, 0.05) is 55.5 Å². The van der Waals surface area contributed by atoms with Gasteiger partial charge in [0.1, 0.15) is 6.29 Å². The van der Waals surface area contributed by atoms with Gasteiger partial charge >= 0.3 is 0 Å². The number of aliphatic hydroxyl groups is 1. The summed E-state index contributed by atoms with van der Waals surface area (Å²) in [4.78, 5) is 28.2. The van der Waals surface area contributed by atoms with Gasteiger partial charge < -0.3 is 30.0 Å². The van der Waals surface area contributed by atoms with Crippen molar-refractivity contribution in [3.63, 3.8) is 0 Å². The Morgan fingerprint density at radius 3 is 2.58 bits per heavy atom. The van der Waals surface area contributed by atoms with E-state index in [9.17, 15) is 9.59 Å². The van der Waals surface area contributed by atoms with Crippen LogP contribution in [0.2, 0.25) is 0 Å². The van der Waals surface area contributed by atoms with Gasteiger partial charge in [0.25, 0.3) is 0 Å². The van der Waals surface area contributed by atoms with Crippen molar-refractivity contribution in [2.45, 2.75) is 72.3 Å². The van der Waals surface area contributed by atoms with Gasteiger partial charge in [-0.25, -0.2) is 0 Å². The topological polar surface area (TPSA) is 88.7 Å². The van der Waals surface area contributed by atoms with Gasteiger partial charge in [-0.15, -0.1) is 0 Å². The van der Waals surface area contributed by atoms with Crippen molar-refractivity contribution >= 4 is 34.4 Å². The predicted octanol–water partition coefficient (Wildman–Crippen LogP) is 5.52. The Kier molecular flexibility index (Phi) is 11.6. The highest BCUT2D eigenvalue weighted by molar-refractivity contribution is 5.90. The third-order valence-electron chi connectivity index (χ3n) is 7.85. The van der Waals surface area contributed by atoms with Gasteiger partial charge in [0.2, 0.25) is 5.91 Å². The van der Waals surface area contributed by atoms with Crippen molar-refractivity contribution in [1.82, 2.24) is 15.2 Å². The number of benzene rings is 1. The summed E-state index contributed by atoms with van der Waals surface area (Å²) in [7, 11) is 6.18. The number of anilines is 1. The molecule has 7 heteroatoms. The number of nitrogens with zero attached hydrogens (tertiary/aromatic N) is 2. The molecule has 2 heterocycles. The molecule has 0 radical (unpaired) electrons. The molecule has 2 aliphatic rings. The normalized spacial score (nSPS) is 20.9. The number of carbonyl (C=O) groups is 2. The van der Waals surface area contributed by atoms with Crippen LogP contribution in [0.15, 0.2) is 42.1 Å². The number of aromatic nitrogens is 1. The number of aromatic amines is 1. The minimum absolute atomic E-state index is 0.0313. The minimum Gasteiger partial charge on any atom is -0.394 e. The van der Waals surface area contributed by atoms with Gasteiger partial charge in [-0.1, -0.05) is 46.8 Å². The molecule has 2 aromatic rings. The molecule has 0 bridgehead atoms. The average molecular weight is 525 g/mol. The fourth-order valence-electron chi connectivity index (χ4n) is 5.11. The van der Waals surface area contributed by atoms with E-state index in [1.807, 2.05) is 20.9 Å². The first-order chi connectivity index (χ1) is 18.2. The molecule has 1 aromatic carbocycles. The average Bonchev–Trinajstić information content (AvgIpc) is 3.52. The van der Waals surface area contributed by atoms with Crippen molar-refractivity contribution in [2.75, 3.05) is 39.2 Å². The fourth-order valence-corrected chi connectivity index (χ4v) is 5.11. The Bertz CT molecular complexity index is 1130. The molecule has 1 saturated heterocycles. The van der Waals surface area contributed by atoms with Crippen LogP contribution in [0.1, 0.15) is 71.9 Å². The van der Waals surface area contributed by atoms with Crippen LogP contribution in [0.25, 0.3) is 16.5 Å². The highest BCUT2D eigenvalue weighted by Crippen LogP contribution is 2.44. The van der Waals surface area contributed by atoms with Crippen LogP contribution in [0.5, 0.6) is 0 Å². The number of rotatable bonds is 8. The molecule has 0 saturated carbocycles. The number of allylic oxidation sites excluding steroid dienone is 3. The molecule has 2 atom stereocenters. The smallest absolute Gasteiger partial charge is 0.223 e. The predicted molar refractivity (Wildman–Crippen MR) is 159 cm³/mol. The van der Waals surface area contributed by atoms with Crippen LogP contribution in [-0.4, -0.2) is 67.5 Å². The van der Waals surface area contributed by atoms with Crippen LogP contribution in [0.4, 0.5) is 5.69 Å². The Morgan fingerprint density at radius 1 is 1.29 bits per heavy atom. The molecule has 0 spiro atoms. The third kappa shape index (κ3) is 7.28. The number of likely N-dealkylation sites (tertiary alicyclic amines) is 1. The lowest BCUT2D eigenvalue weighted by Crippen LogP contribution is -2.36. The van der Waals surface area contributed by atoms with E-state index in [2.05, 4.69) is 74.0 Å². The summed E-state index contributed by atoms with van der Waals surface area (Å²) in [5, 5.41) is 13.5. The lowest BCUT2D eigenvalue weighted by atomic mass is 9.72. The van der Waals surface area contributed by atoms with Crippen LogP contribution in [0.3, 0.4) is 0 Å². The second-order valence-electron chi connectivity index (χ2n) is 10.5. The van der Waals surface area contributed by atoms with Crippen molar-refractivity contribution in [2.24, 2.45) is 5.41 Å². The van der Waals surface area contributed by atoms with Gasteiger partial charge in [0.05, 0.1) is 19.2 Å². The van der Waals surface area contributed by atoms with E-state index >= 15 is 0 Å². The van der Waals surface area contributed by atoms with Crippen molar-refractivity contribution in [1.29, 1.82) is 0 Å². The number of hydrogen-bond acceptors (Lipinski definition) is 5. The molecule has 38 heavy (non-hydrogen) atoms. The standard InChI is InChI=1S/C22H31N3.C7H11NO3.C2H6/c1-7-22(3)11-10-18(21(14-22)23-4)15(2)19-12-16-8-9-17(25(5)6)13-20(16)24-19;9-4-3-8-6(5-10)1-2-7(8)11;1-2/h8-9,12-13,23-24H,2,7,10-11,14H2,1,3-6H3;4,6,10H,1-3,5H2;1-2H3/t;6-;/m.0./s1. The zero-order valence-electron chi connectivity index (χ0n) is 24.5. The largest absolute Gasteiger partial charge is 0.394 e. The molecule has 1 aromatic heterocycles. The maximum Gasteiger partial charge on any atom is 0.223 e. The summed E-state index contributed by atoms with van der Waals surface area (Å²) in [6.07, 6.45) is 6.47. The summed E-state index contributed by atoms with van der Waals surface area (Å²) in [5.74, 6) is -0.0313. The maximum atomic E-state index is 11.0. The molecular formula is C31H48N4O3. The number of nitrogens with one attached hydrogen (secondary N) is 2. The van der Waals surface area contributed by atoms with E-state index in [0.717, 1.165) is 24.1 Å². The number of H-pyrrole nitrogens is 1. The van der Waals surface area contributed by atoms with Crippen LogP contribution in [-0.2, 0) is 9.59 Å². The summed E-state index contributed by atoms with van der Waals surface area (Å²) in [6, 6.07) is 8.64. The molecule has 4 rings (SSSR count). The molecule has 1 aliphatic carbocycles. The summed E-state index contributed by atoms with van der Waals surface area (Å²) in [6.45, 7) is 13.2. The maximum absolute atomic E-state index is 11.0. The lowest BCUT2D eigenvalue weighted by molar-refractivity contribution is -0.131. The quantitative estimate of drug-likeness (QED) is 0.396. The van der Waals surface area contributed by atoms with E-state index in [1.54, 1.807) is 0 Å². The van der Waals surface area contributed by atoms with Crippen molar-refractivity contribution in [3.05, 3.63) is 47.8 Å². The first kappa shape index (κ1) is 31.2. The Morgan fingerprint density at radius 2 is 2.00 bits per heavy atom. The lowest BCUT2D eigenvalue weighted by Gasteiger charge is -2.36. The van der Waals surface area contributed by atoms with Gasteiger partial charge in [0.15, 0.2) is 0 Å².